The Morgan fingerprint density at radius 1 is 1.16 bits per heavy atom. The van der Waals surface area contributed by atoms with Crippen molar-refractivity contribution in [2.24, 2.45) is 11.8 Å². The molecule has 0 radical (unpaired) electrons. The van der Waals surface area contributed by atoms with E-state index in [0.717, 1.165) is 19.3 Å². The van der Waals surface area contributed by atoms with E-state index < -0.39 is 0 Å². The largest absolute Gasteiger partial charge is 0.353 e. The monoisotopic (exact) mass is 261 g/mol. The number of hydrogen-bond donors (Lipinski definition) is 1. The van der Waals surface area contributed by atoms with Crippen molar-refractivity contribution in [2.75, 3.05) is 0 Å². The SMILES string of the molecule is CCCC(C)NC(=O)C(C)C(C)Cc1ccccc1. The number of hydrogen-bond acceptors (Lipinski definition) is 1. The van der Waals surface area contributed by atoms with E-state index in [1.54, 1.807) is 0 Å². The van der Waals surface area contributed by atoms with E-state index >= 15 is 0 Å². The van der Waals surface area contributed by atoms with Gasteiger partial charge < -0.3 is 5.32 Å². The van der Waals surface area contributed by atoms with Crippen molar-refractivity contribution in [3.63, 3.8) is 0 Å². The van der Waals surface area contributed by atoms with Crippen LogP contribution in [-0.2, 0) is 11.2 Å². The summed E-state index contributed by atoms with van der Waals surface area (Å²) in [5.74, 6) is 0.597. The highest BCUT2D eigenvalue weighted by Gasteiger charge is 2.21. The lowest BCUT2D eigenvalue weighted by atomic mass is 9.89. The smallest absolute Gasteiger partial charge is 0.223 e. The molecule has 2 nitrogen and oxygen atoms in total. The Labute approximate surface area is 117 Å². The van der Waals surface area contributed by atoms with Crippen LogP contribution in [0.25, 0.3) is 0 Å². The van der Waals surface area contributed by atoms with Crippen molar-refractivity contribution >= 4 is 5.91 Å². The Bertz CT molecular complexity index is 374. The average molecular weight is 261 g/mol. The third-order valence-corrected chi connectivity index (χ3v) is 3.78. The minimum atomic E-state index is 0.0551. The van der Waals surface area contributed by atoms with Crippen LogP contribution < -0.4 is 5.32 Å². The van der Waals surface area contributed by atoms with Gasteiger partial charge >= 0.3 is 0 Å². The van der Waals surface area contributed by atoms with Gasteiger partial charge in [-0.1, -0.05) is 57.5 Å². The van der Waals surface area contributed by atoms with Gasteiger partial charge in [0.15, 0.2) is 0 Å². The standard InChI is InChI=1S/C17H27NO/c1-5-9-14(3)18-17(19)15(4)13(2)12-16-10-7-6-8-11-16/h6-8,10-11,13-15H,5,9,12H2,1-4H3,(H,18,19). The molecule has 0 fully saturated rings. The van der Waals surface area contributed by atoms with Gasteiger partial charge in [0.05, 0.1) is 0 Å². The van der Waals surface area contributed by atoms with Crippen molar-refractivity contribution < 1.29 is 4.79 Å². The number of nitrogens with one attached hydrogen (secondary N) is 1. The van der Waals surface area contributed by atoms with Crippen molar-refractivity contribution in [1.82, 2.24) is 5.32 Å². The summed E-state index contributed by atoms with van der Waals surface area (Å²) in [6.07, 6.45) is 3.11. The fourth-order valence-electron chi connectivity index (χ4n) is 2.30. The fraction of sp³-hybridized carbons (Fsp3) is 0.588. The third-order valence-electron chi connectivity index (χ3n) is 3.78. The van der Waals surface area contributed by atoms with E-state index in [1.165, 1.54) is 5.56 Å². The highest BCUT2D eigenvalue weighted by molar-refractivity contribution is 5.78. The van der Waals surface area contributed by atoms with Gasteiger partial charge in [0.25, 0.3) is 0 Å². The molecule has 19 heavy (non-hydrogen) atoms. The van der Waals surface area contributed by atoms with E-state index in [-0.39, 0.29) is 17.9 Å². The maximum atomic E-state index is 12.1. The summed E-state index contributed by atoms with van der Waals surface area (Å²) >= 11 is 0. The molecule has 0 saturated heterocycles. The lowest BCUT2D eigenvalue weighted by Crippen LogP contribution is -2.38. The Balaban J connectivity index is 2.47. The lowest BCUT2D eigenvalue weighted by molar-refractivity contribution is -0.126. The highest BCUT2D eigenvalue weighted by Crippen LogP contribution is 2.17. The van der Waals surface area contributed by atoms with Crippen molar-refractivity contribution in [3.05, 3.63) is 35.9 Å². The van der Waals surface area contributed by atoms with Gasteiger partial charge in [-0.3, -0.25) is 4.79 Å². The summed E-state index contributed by atoms with van der Waals surface area (Å²) in [4.78, 5) is 12.1. The Kier molecular flexibility index (Phi) is 6.61. The van der Waals surface area contributed by atoms with Crippen LogP contribution in [0.15, 0.2) is 30.3 Å². The van der Waals surface area contributed by atoms with E-state index in [4.69, 9.17) is 0 Å². The maximum Gasteiger partial charge on any atom is 0.223 e. The van der Waals surface area contributed by atoms with Crippen molar-refractivity contribution in [3.8, 4) is 0 Å². The molecule has 0 aliphatic carbocycles. The maximum absolute atomic E-state index is 12.1. The zero-order valence-corrected chi connectivity index (χ0v) is 12.6. The van der Waals surface area contributed by atoms with Gasteiger partial charge in [-0.2, -0.15) is 0 Å². The summed E-state index contributed by atoms with van der Waals surface area (Å²) in [5.41, 5.74) is 1.30. The molecule has 0 spiro atoms. The molecule has 0 aliphatic heterocycles. The van der Waals surface area contributed by atoms with Crippen LogP contribution in [-0.4, -0.2) is 11.9 Å². The normalized spacial score (nSPS) is 15.6. The van der Waals surface area contributed by atoms with Crippen LogP contribution in [0.2, 0.25) is 0 Å². The van der Waals surface area contributed by atoms with Gasteiger partial charge in [0.2, 0.25) is 5.91 Å². The second kappa shape index (κ2) is 7.98. The summed E-state index contributed by atoms with van der Waals surface area (Å²) in [6, 6.07) is 10.7. The molecule has 0 heterocycles. The van der Waals surface area contributed by atoms with Crippen LogP contribution in [0.4, 0.5) is 0 Å². The molecule has 3 unspecified atom stereocenters. The van der Waals surface area contributed by atoms with Crippen LogP contribution >= 0.6 is 0 Å². The molecule has 1 rings (SSSR count). The van der Waals surface area contributed by atoms with E-state index in [0.29, 0.717) is 5.92 Å². The molecule has 1 amide bonds. The molecule has 0 aliphatic rings. The first-order chi connectivity index (χ1) is 9.04. The number of benzene rings is 1. The number of amides is 1. The Morgan fingerprint density at radius 3 is 2.37 bits per heavy atom. The molecular formula is C17H27NO. The highest BCUT2D eigenvalue weighted by atomic mass is 16.1. The molecule has 0 aromatic heterocycles. The molecule has 0 bridgehead atoms. The predicted octanol–water partition coefficient (Wildman–Crippen LogP) is 3.81. The quantitative estimate of drug-likeness (QED) is 0.794. The Morgan fingerprint density at radius 2 is 1.79 bits per heavy atom. The fourth-order valence-corrected chi connectivity index (χ4v) is 2.30. The topological polar surface area (TPSA) is 29.1 Å². The van der Waals surface area contributed by atoms with Crippen LogP contribution in [0.1, 0.15) is 46.1 Å². The molecule has 1 aromatic rings. The van der Waals surface area contributed by atoms with Crippen molar-refractivity contribution in [2.45, 2.75) is 53.0 Å². The summed E-state index contributed by atoms with van der Waals surface area (Å²) in [6.45, 7) is 8.41. The van der Waals surface area contributed by atoms with Crippen LogP contribution in [0.5, 0.6) is 0 Å². The van der Waals surface area contributed by atoms with E-state index in [1.807, 2.05) is 13.0 Å². The first-order valence-electron chi connectivity index (χ1n) is 7.38. The molecule has 1 aromatic carbocycles. The molecule has 1 N–H and O–H groups in total. The number of carbonyl (C=O) groups excluding carboxylic acids is 1. The molecule has 2 heteroatoms. The van der Waals surface area contributed by atoms with Crippen LogP contribution in [0.3, 0.4) is 0 Å². The second-order valence-corrected chi connectivity index (χ2v) is 5.65. The van der Waals surface area contributed by atoms with Gasteiger partial charge in [0.1, 0.15) is 0 Å². The third kappa shape index (κ3) is 5.46. The van der Waals surface area contributed by atoms with Gasteiger partial charge in [0, 0.05) is 12.0 Å². The average Bonchev–Trinajstić information content (AvgIpc) is 2.39. The van der Waals surface area contributed by atoms with Gasteiger partial charge in [-0.05, 0) is 31.2 Å². The zero-order valence-electron chi connectivity index (χ0n) is 12.6. The van der Waals surface area contributed by atoms with Gasteiger partial charge in [-0.25, -0.2) is 0 Å². The summed E-state index contributed by atoms with van der Waals surface area (Å²) in [7, 11) is 0. The molecule has 106 valence electrons. The van der Waals surface area contributed by atoms with Crippen LogP contribution in [0, 0.1) is 11.8 Å². The summed E-state index contributed by atoms with van der Waals surface area (Å²) in [5, 5.41) is 3.11. The first-order valence-corrected chi connectivity index (χ1v) is 7.38. The molecular weight excluding hydrogens is 234 g/mol. The van der Waals surface area contributed by atoms with Gasteiger partial charge in [-0.15, -0.1) is 0 Å². The lowest BCUT2D eigenvalue weighted by Gasteiger charge is -2.22. The number of carbonyl (C=O) groups is 1. The zero-order chi connectivity index (χ0) is 14.3. The Hall–Kier alpha value is -1.31. The minimum absolute atomic E-state index is 0.0551. The van der Waals surface area contributed by atoms with E-state index in [2.05, 4.69) is 50.4 Å². The minimum Gasteiger partial charge on any atom is -0.353 e. The van der Waals surface area contributed by atoms with E-state index in [9.17, 15) is 4.79 Å². The van der Waals surface area contributed by atoms with Crippen molar-refractivity contribution in [1.29, 1.82) is 0 Å². The molecule has 0 saturated carbocycles. The predicted molar refractivity (Wildman–Crippen MR) is 81.0 cm³/mol. The second-order valence-electron chi connectivity index (χ2n) is 5.65. The number of rotatable bonds is 7. The molecule has 3 atom stereocenters. The summed E-state index contributed by atoms with van der Waals surface area (Å²) < 4.78 is 0. The first kappa shape index (κ1) is 15.7.